The Balaban J connectivity index is 1.89. The lowest BCUT2D eigenvalue weighted by atomic mass is 9.68. The third kappa shape index (κ3) is 4.02. The van der Waals surface area contributed by atoms with Crippen molar-refractivity contribution in [1.82, 2.24) is 4.98 Å². The number of allylic oxidation sites excluding steroid dienone is 2. The summed E-state index contributed by atoms with van der Waals surface area (Å²) in [5, 5.41) is 0. The lowest BCUT2D eigenvalue weighted by molar-refractivity contribution is 0.184. The third-order valence-electron chi connectivity index (χ3n) is 6.80. The van der Waals surface area contributed by atoms with E-state index in [0.29, 0.717) is 18.4 Å². The molecule has 2 aliphatic rings. The van der Waals surface area contributed by atoms with E-state index in [1.807, 2.05) is 6.20 Å². The molecule has 150 valence electrons. The van der Waals surface area contributed by atoms with Crippen molar-refractivity contribution in [2.75, 3.05) is 0 Å². The number of hydrogen-bond acceptors (Lipinski definition) is 2. The largest absolute Gasteiger partial charge is 0.326 e. The predicted octanol–water partition coefficient (Wildman–Crippen LogP) is 6.18. The SMILES string of the molecule is CCCC#CC1=C(c2ccc(CN)cc2)CC(C2CCC2)C(C)c2ncccc21. The molecule has 1 aromatic carbocycles. The Bertz CT molecular complexity index is 938. The molecule has 1 heterocycles. The Morgan fingerprint density at radius 2 is 1.93 bits per heavy atom. The van der Waals surface area contributed by atoms with Crippen molar-refractivity contribution in [3.05, 3.63) is 65.0 Å². The zero-order chi connectivity index (χ0) is 20.2. The van der Waals surface area contributed by atoms with Crippen LogP contribution in [0.25, 0.3) is 11.1 Å². The molecule has 1 aromatic heterocycles. The molecule has 2 aromatic rings. The average Bonchev–Trinajstić information content (AvgIpc) is 2.84. The Labute approximate surface area is 175 Å². The van der Waals surface area contributed by atoms with Gasteiger partial charge in [0.2, 0.25) is 0 Å². The summed E-state index contributed by atoms with van der Waals surface area (Å²) in [5.74, 6) is 8.90. The van der Waals surface area contributed by atoms with Gasteiger partial charge in [0.15, 0.2) is 0 Å². The minimum Gasteiger partial charge on any atom is -0.326 e. The van der Waals surface area contributed by atoms with Crippen LogP contribution in [-0.2, 0) is 6.54 Å². The normalized spacial score (nSPS) is 21.6. The van der Waals surface area contributed by atoms with Gasteiger partial charge in [-0.3, -0.25) is 4.98 Å². The van der Waals surface area contributed by atoms with E-state index in [9.17, 15) is 0 Å². The highest BCUT2D eigenvalue weighted by molar-refractivity contribution is 5.99. The lowest BCUT2D eigenvalue weighted by Crippen LogP contribution is -2.26. The van der Waals surface area contributed by atoms with Crippen LogP contribution in [0.3, 0.4) is 0 Å². The van der Waals surface area contributed by atoms with Crippen LogP contribution in [0.2, 0.25) is 0 Å². The van der Waals surface area contributed by atoms with E-state index in [4.69, 9.17) is 10.7 Å². The van der Waals surface area contributed by atoms with Gasteiger partial charge in [0, 0.05) is 36.2 Å². The second-order valence-corrected chi connectivity index (χ2v) is 8.59. The minimum atomic E-state index is 0.459. The zero-order valence-electron chi connectivity index (χ0n) is 17.7. The van der Waals surface area contributed by atoms with Crippen molar-refractivity contribution in [1.29, 1.82) is 0 Å². The number of unbranched alkanes of at least 4 members (excludes halogenated alkanes) is 1. The van der Waals surface area contributed by atoms with Gasteiger partial charge in [-0.15, -0.1) is 0 Å². The summed E-state index contributed by atoms with van der Waals surface area (Å²) in [7, 11) is 0. The predicted molar refractivity (Wildman–Crippen MR) is 122 cm³/mol. The fraction of sp³-hybridized carbons (Fsp3) is 0.444. The van der Waals surface area contributed by atoms with Crippen LogP contribution in [-0.4, -0.2) is 4.98 Å². The summed E-state index contributed by atoms with van der Waals surface area (Å²) < 4.78 is 0. The first-order valence-electron chi connectivity index (χ1n) is 11.2. The summed E-state index contributed by atoms with van der Waals surface area (Å²) in [5.41, 5.74) is 13.4. The summed E-state index contributed by atoms with van der Waals surface area (Å²) in [4.78, 5) is 4.87. The Kier molecular flexibility index (Phi) is 6.16. The highest BCUT2D eigenvalue weighted by Crippen LogP contribution is 2.49. The van der Waals surface area contributed by atoms with E-state index in [2.05, 4.69) is 62.1 Å². The van der Waals surface area contributed by atoms with Crippen LogP contribution in [0.1, 0.15) is 80.7 Å². The monoisotopic (exact) mass is 384 g/mol. The van der Waals surface area contributed by atoms with Gasteiger partial charge in [-0.25, -0.2) is 0 Å². The van der Waals surface area contributed by atoms with Crippen LogP contribution in [0.5, 0.6) is 0 Å². The van der Waals surface area contributed by atoms with Gasteiger partial charge in [0.05, 0.1) is 5.69 Å². The van der Waals surface area contributed by atoms with Crippen molar-refractivity contribution in [2.24, 2.45) is 17.6 Å². The molecule has 1 saturated carbocycles. The first kappa shape index (κ1) is 19.9. The molecule has 0 saturated heterocycles. The summed E-state index contributed by atoms with van der Waals surface area (Å²) in [6, 6.07) is 13.1. The second kappa shape index (κ2) is 8.97. The molecule has 29 heavy (non-hydrogen) atoms. The van der Waals surface area contributed by atoms with Gasteiger partial charge in [-0.1, -0.05) is 75.3 Å². The summed E-state index contributed by atoms with van der Waals surface area (Å²) in [6.45, 7) is 5.15. The zero-order valence-corrected chi connectivity index (χ0v) is 17.7. The van der Waals surface area contributed by atoms with Crippen molar-refractivity contribution in [3.63, 3.8) is 0 Å². The molecule has 2 heteroatoms. The molecular formula is C27H32N2. The maximum Gasteiger partial charge on any atom is 0.0519 e. The van der Waals surface area contributed by atoms with Crippen LogP contribution < -0.4 is 5.73 Å². The van der Waals surface area contributed by atoms with Crippen molar-refractivity contribution >= 4 is 11.1 Å². The highest BCUT2D eigenvalue weighted by atomic mass is 14.7. The van der Waals surface area contributed by atoms with E-state index < -0.39 is 0 Å². The summed E-state index contributed by atoms with van der Waals surface area (Å²) in [6.07, 6.45) is 9.13. The van der Waals surface area contributed by atoms with Gasteiger partial charge in [0.1, 0.15) is 0 Å². The van der Waals surface area contributed by atoms with Gasteiger partial charge >= 0.3 is 0 Å². The van der Waals surface area contributed by atoms with Crippen LogP contribution in [0, 0.1) is 23.7 Å². The molecule has 2 N–H and O–H groups in total. The van der Waals surface area contributed by atoms with Crippen molar-refractivity contribution < 1.29 is 0 Å². The molecule has 0 aliphatic heterocycles. The number of nitrogens with zero attached hydrogens (tertiary/aromatic N) is 1. The maximum absolute atomic E-state index is 5.84. The Morgan fingerprint density at radius 3 is 2.59 bits per heavy atom. The number of aromatic nitrogens is 1. The van der Waals surface area contributed by atoms with E-state index in [1.54, 1.807) is 0 Å². The number of pyridine rings is 1. The van der Waals surface area contributed by atoms with Crippen molar-refractivity contribution in [2.45, 2.75) is 64.8 Å². The first-order chi connectivity index (χ1) is 14.2. The third-order valence-corrected chi connectivity index (χ3v) is 6.80. The van der Waals surface area contributed by atoms with Gasteiger partial charge in [0.25, 0.3) is 0 Å². The van der Waals surface area contributed by atoms with Crippen molar-refractivity contribution in [3.8, 4) is 11.8 Å². The second-order valence-electron chi connectivity index (χ2n) is 8.59. The topological polar surface area (TPSA) is 38.9 Å². The van der Waals surface area contributed by atoms with Gasteiger partial charge in [-0.2, -0.15) is 0 Å². The van der Waals surface area contributed by atoms with Gasteiger partial charge < -0.3 is 5.73 Å². The molecule has 0 spiro atoms. The molecular weight excluding hydrogens is 352 g/mol. The van der Waals surface area contributed by atoms with Gasteiger partial charge in [-0.05, 0) is 47.4 Å². The smallest absolute Gasteiger partial charge is 0.0519 e. The molecule has 1 fully saturated rings. The Morgan fingerprint density at radius 1 is 1.14 bits per heavy atom. The number of benzene rings is 1. The first-order valence-corrected chi connectivity index (χ1v) is 11.2. The van der Waals surface area contributed by atoms with E-state index in [1.165, 1.54) is 52.8 Å². The molecule has 2 atom stereocenters. The fourth-order valence-electron chi connectivity index (χ4n) is 4.84. The Hall–Kier alpha value is -2.37. The average molecular weight is 385 g/mol. The van der Waals surface area contributed by atoms with E-state index in [-0.39, 0.29) is 0 Å². The molecule has 0 amide bonds. The molecule has 2 unspecified atom stereocenters. The minimum absolute atomic E-state index is 0.459. The molecule has 2 nitrogen and oxygen atoms in total. The summed E-state index contributed by atoms with van der Waals surface area (Å²) >= 11 is 0. The number of fused-ring (bicyclic) bond motifs is 1. The van der Waals surface area contributed by atoms with Crippen LogP contribution >= 0.6 is 0 Å². The number of rotatable bonds is 4. The fourth-order valence-corrected chi connectivity index (χ4v) is 4.84. The van der Waals surface area contributed by atoms with Crippen LogP contribution in [0.15, 0.2) is 42.6 Å². The van der Waals surface area contributed by atoms with Crippen LogP contribution in [0.4, 0.5) is 0 Å². The highest BCUT2D eigenvalue weighted by Gasteiger charge is 2.37. The molecule has 4 rings (SSSR count). The lowest BCUT2D eigenvalue weighted by Gasteiger charge is -2.37. The maximum atomic E-state index is 5.84. The molecule has 0 radical (unpaired) electrons. The van der Waals surface area contributed by atoms with E-state index >= 15 is 0 Å². The molecule has 2 aliphatic carbocycles. The number of nitrogens with two attached hydrogens (primary N) is 1. The quantitative estimate of drug-likeness (QED) is 0.639. The molecule has 0 bridgehead atoms. The van der Waals surface area contributed by atoms with E-state index in [0.717, 1.165) is 25.2 Å². The number of hydrogen-bond donors (Lipinski definition) is 1. The standard InChI is InChI=1S/C27H32N2/c1-3-4-5-10-23-24-11-7-16-29-27(24)19(2)25(21-8-6-9-21)17-26(23)22-14-12-20(18-28)13-15-22/h7,11-16,19,21,25H,3-4,6,8-9,17-18,28H2,1-2H3.